The van der Waals surface area contributed by atoms with Crippen molar-refractivity contribution in [2.24, 2.45) is 11.8 Å². The first-order valence-electron chi connectivity index (χ1n) is 9.94. The second-order valence-corrected chi connectivity index (χ2v) is 8.32. The molecule has 1 aliphatic heterocycles. The first kappa shape index (κ1) is 19.5. The zero-order valence-corrected chi connectivity index (χ0v) is 16.6. The van der Waals surface area contributed by atoms with Crippen LogP contribution in [0.5, 0.6) is 11.5 Å². The van der Waals surface area contributed by atoms with E-state index in [-0.39, 0.29) is 29.4 Å². The zero-order chi connectivity index (χ0) is 19.7. The summed E-state index contributed by atoms with van der Waals surface area (Å²) in [6, 6.07) is 3.83. The minimum Gasteiger partial charge on any atom is -0.507 e. The number of phenolic OH excluding ortho intramolecular Hbond substituents is 2. The Labute approximate surface area is 162 Å². The molecular weight excluding hydrogens is 338 g/mol. The molecule has 0 aromatic heterocycles. The van der Waals surface area contributed by atoms with Gasteiger partial charge in [0.25, 0.3) is 0 Å². The molecule has 1 fully saturated rings. The van der Waals surface area contributed by atoms with Crippen molar-refractivity contribution in [3.63, 3.8) is 0 Å². The first-order valence-corrected chi connectivity index (χ1v) is 9.94. The van der Waals surface area contributed by atoms with E-state index in [1.165, 1.54) is 5.57 Å². The number of nitrogens with zero attached hydrogens (tertiary/aromatic N) is 1. The van der Waals surface area contributed by atoms with Crippen LogP contribution in [0.15, 0.2) is 35.9 Å². The summed E-state index contributed by atoms with van der Waals surface area (Å²) in [6.07, 6.45) is 6.78. The number of likely N-dealkylation sites (tertiary alicyclic amines) is 1. The molecule has 146 valence electrons. The highest BCUT2D eigenvalue weighted by Gasteiger charge is 2.37. The van der Waals surface area contributed by atoms with Crippen LogP contribution < -0.4 is 0 Å². The monoisotopic (exact) mass is 369 g/mol. The Morgan fingerprint density at radius 1 is 1.33 bits per heavy atom. The maximum absolute atomic E-state index is 11.0. The summed E-state index contributed by atoms with van der Waals surface area (Å²) in [6.45, 7) is 11.1. The van der Waals surface area contributed by atoms with Gasteiger partial charge in [0.2, 0.25) is 6.41 Å². The molecule has 1 aromatic carbocycles. The van der Waals surface area contributed by atoms with Gasteiger partial charge in [-0.05, 0) is 63.1 Å². The molecule has 0 spiro atoms. The molecule has 0 saturated carbocycles. The first-order chi connectivity index (χ1) is 12.8. The van der Waals surface area contributed by atoms with E-state index in [1.54, 1.807) is 12.1 Å². The second kappa shape index (κ2) is 7.79. The van der Waals surface area contributed by atoms with E-state index in [4.69, 9.17) is 0 Å². The number of hydrogen-bond donors (Lipinski definition) is 2. The number of phenols is 2. The third-order valence-corrected chi connectivity index (χ3v) is 6.38. The fraction of sp³-hybridized carbons (Fsp3) is 0.522. The van der Waals surface area contributed by atoms with Crippen molar-refractivity contribution >= 4 is 6.41 Å². The summed E-state index contributed by atoms with van der Waals surface area (Å²) in [7, 11) is 0. The normalized spacial score (nSPS) is 27.7. The van der Waals surface area contributed by atoms with Crippen LogP contribution in [0.4, 0.5) is 0 Å². The molecule has 1 aromatic rings. The highest BCUT2D eigenvalue weighted by molar-refractivity contribution is 5.53. The number of rotatable bonds is 6. The van der Waals surface area contributed by atoms with Crippen LogP contribution in [0.25, 0.3) is 0 Å². The van der Waals surface area contributed by atoms with Crippen LogP contribution in [-0.4, -0.2) is 34.1 Å². The number of hydrogen-bond acceptors (Lipinski definition) is 3. The fourth-order valence-corrected chi connectivity index (χ4v) is 4.90. The molecule has 4 heteroatoms. The third-order valence-electron chi connectivity index (χ3n) is 6.38. The minimum atomic E-state index is -0.0389. The number of allylic oxidation sites excluding steroid dienone is 3. The van der Waals surface area contributed by atoms with Gasteiger partial charge in [-0.2, -0.15) is 0 Å². The summed E-state index contributed by atoms with van der Waals surface area (Å²) in [4.78, 5) is 12.9. The van der Waals surface area contributed by atoms with Gasteiger partial charge in [-0.3, -0.25) is 4.79 Å². The maximum atomic E-state index is 11.0. The van der Waals surface area contributed by atoms with E-state index < -0.39 is 0 Å². The largest absolute Gasteiger partial charge is 0.507 e. The molecule has 1 saturated heterocycles. The lowest BCUT2D eigenvalue weighted by molar-refractivity contribution is -0.129. The fourth-order valence-electron chi connectivity index (χ4n) is 4.90. The molecular formula is C23H31NO3. The van der Waals surface area contributed by atoms with Gasteiger partial charge >= 0.3 is 0 Å². The van der Waals surface area contributed by atoms with Gasteiger partial charge in [0.1, 0.15) is 11.5 Å². The highest BCUT2D eigenvalue weighted by atomic mass is 16.3. The van der Waals surface area contributed by atoms with Gasteiger partial charge < -0.3 is 15.1 Å². The van der Waals surface area contributed by atoms with Crippen LogP contribution >= 0.6 is 0 Å². The van der Waals surface area contributed by atoms with Gasteiger partial charge in [0.05, 0.1) is 0 Å². The summed E-state index contributed by atoms with van der Waals surface area (Å²) >= 11 is 0. The Morgan fingerprint density at radius 3 is 2.56 bits per heavy atom. The molecule has 27 heavy (non-hydrogen) atoms. The topological polar surface area (TPSA) is 60.8 Å². The lowest BCUT2D eigenvalue weighted by atomic mass is 9.73. The minimum absolute atomic E-state index is 0.0389. The van der Waals surface area contributed by atoms with E-state index in [0.29, 0.717) is 11.5 Å². The molecule has 1 amide bonds. The Hall–Kier alpha value is -2.23. The van der Waals surface area contributed by atoms with Crippen molar-refractivity contribution in [3.05, 3.63) is 47.1 Å². The third kappa shape index (κ3) is 3.76. The van der Waals surface area contributed by atoms with Crippen molar-refractivity contribution in [1.29, 1.82) is 0 Å². The number of benzene rings is 1. The number of carbonyl (C=O) groups is 1. The Kier molecular flexibility index (Phi) is 5.64. The van der Waals surface area contributed by atoms with Gasteiger partial charge in [0.15, 0.2) is 0 Å². The summed E-state index contributed by atoms with van der Waals surface area (Å²) in [5, 5.41) is 21.5. The Balaban J connectivity index is 1.86. The lowest BCUT2D eigenvalue weighted by Crippen LogP contribution is -2.55. The molecule has 0 radical (unpaired) electrons. The van der Waals surface area contributed by atoms with E-state index in [2.05, 4.69) is 26.5 Å². The predicted molar refractivity (Wildman–Crippen MR) is 108 cm³/mol. The molecule has 2 unspecified atom stereocenters. The Morgan fingerprint density at radius 2 is 2.00 bits per heavy atom. The summed E-state index contributed by atoms with van der Waals surface area (Å²) in [5.74, 6) is 0.889. The van der Waals surface area contributed by atoms with Crippen LogP contribution in [0, 0.1) is 11.8 Å². The molecule has 2 N–H and O–H groups in total. The molecule has 3 rings (SSSR count). The average molecular weight is 370 g/mol. The van der Waals surface area contributed by atoms with Crippen LogP contribution in [0.3, 0.4) is 0 Å². The van der Waals surface area contributed by atoms with Crippen LogP contribution in [0.1, 0.15) is 57.1 Å². The molecule has 4 nitrogen and oxygen atoms in total. The highest BCUT2D eigenvalue weighted by Crippen LogP contribution is 2.46. The summed E-state index contributed by atoms with van der Waals surface area (Å²) in [5.41, 5.74) is 3.91. The lowest BCUT2D eigenvalue weighted by Gasteiger charge is -2.46. The molecule has 1 heterocycles. The number of aromatic hydroxyl groups is 2. The predicted octanol–water partition coefficient (Wildman–Crippen LogP) is 4.52. The Bertz CT molecular complexity index is 744. The van der Waals surface area contributed by atoms with Crippen LogP contribution in [0.2, 0.25) is 0 Å². The van der Waals surface area contributed by atoms with Gasteiger partial charge in [0, 0.05) is 30.0 Å². The van der Waals surface area contributed by atoms with E-state index in [0.717, 1.165) is 49.8 Å². The van der Waals surface area contributed by atoms with Gasteiger partial charge in [-0.1, -0.05) is 30.7 Å². The van der Waals surface area contributed by atoms with Crippen molar-refractivity contribution in [2.75, 3.05) is 6.54 Å². The summed E-state index contributed by atoms with van der Waals surface area (Å²) < 4.78 is 0. The molecule has 0 bridgehead atoms. The SMILES string of the molecule is C=C(C)[C@@H]1CCC(C)=C[C@H]1c1c(O)cc(CC2CN(C=O)C2CC)cc1O. The molecule has 1 aliphatic carbocycles. The van der Waals surface area contributed by atoms with Crippen molar-refractivity contribution < 1.29 is 15.0 Å². The van der Waals surface area contributed by atoms with Crippen molar-refractivity contribution in [2.45, 2.75) is 58.4 Å². The van der Waals surface area contributed by atoms with E-state index in [1.807, 2.05) is 11.8 Å². The number of amides is 1. The smallest absolute Gasteiger partial charge is 0.209 e. The molecule has 2 aliphatic rings. The second-order valence-electron chi connectivity index (χ2n) is 8.32. The average Bonchev–Trinajstić information content (AvgIpc) is 2.57. The van der Waals surface area contributed by atoms with Crippen molar-refractivity contribution in [1.82, 2.24) is 4.90 Å². The van der Waals surface area contributed by atoms with E-state index >= 15 is 0 Å². The van der Waals surface area contributed by atoms with Crippen LogP contribution in [-0.2, 0) is 11.2 Å². The number of carbonyl (C=O) groups excluding carboxylic acids is 1. The van der Waals surface area contributed by atoms with Gasteiger partial charge in [-0.25, -0.2) is 0 Å². The maximum Gasteiger partial charge on any atom is 0.209 e. The van der Waals surface area contributed by atoms with Crippen molar-refractivity contribution in [3.8, 4) is 11.5 Å². The van der Waals surface area contributed by atoms with E-state index in [9.17, 15) is 15.0 Å². The van der Waals surface area contributed by atoms with Gasteiger partial charge in [-0.15, -0.1) is 0 Å². The quantitative estimate of drug-likeness (QED) is 0.572. The zero-order valence-electron chi connectivity index (χ0n) is 16.6. The standard InChI is InChI=1S/C23H31NO3/c1-5-20-17(12-24(20)13-25)9-16-10-21(26)23(22(27)11-16)19-8-15(4)6-7-18(19)14(2)3/h8,10-11,13,17-20,26-27H,2,5-7,9,12H2,1,3-4H3/t17?,18-,19+,20?/m0/s1. The molecule has 4 atom stereocenters.